The molecule has 6 heteroatoms. The molecule has 11 aromatic rings. The molecule has 0 amide bonds. The van der Waals surface area contributed by atoms with Crippen molar-refractivity contribution in [1.29, 1.82) is 0 Å². The summed E-state index contributed by atoms with van der Waals surface area (Å²) in [5.74, 6) is 2.31. The van der Waals surface area contributed by atoms with Gasteiger partial charge in [-0.05, 0) is 146 Å². The number of benzene rings is 7. The number of aryl methyl sites for hydroxylation is 6. The Morgan fingerprint density at radius 3 is 1.81 bits per heavy atom. The third kappa shape index (κ3) is 7.46. The van der Waals surface area contributed by atoms with Crippen molar-refractivity contribution in [2.75, 3.05) is 4.90 Å². The first kappa shape index (κ1) is 41.4. The summed E-state index contributed by atoms with van der Waals surface area (Å²) in [6, 6.07) is 64.8. The number of fused-ring (bicyclic) bond motifs is 3. The molecule has 0 aliphatic heterocycles. The third-order valence-corrected chi connectivity index (χ3v) is 13.3. The summed E-state index contributed by atoms with van der Waals surface area (Å²) >= 11 is 0. The van der Waals surface area contributed by atoms with Gasteiger partial charge in [0.05, 0.1) is 23.3 Å². The van der Waals surface area contributed by atoms with Crippen LogP contribution in [0.3, 0.4) is 0 Å². The predicted molar refractivity (Wildman–Crippen MR) is 278 cm³/mol. The van der Waals surface area contributed by atoms with Crippen molar-refractivity contribution in [2.24, 2.45) is 0 Å². The Labute approximate surface area is 392 Å². The lowest BCUT2D eigenvalue weighted by Crippen LogP contribution is -2.13. The van der Waals surface area contributed by atoms with E-state index in [9.17, 15) is 0 Å². The van der Waals surface area contributed by atoms with Gasteiger partial charge in [0.1, 0.15) is 17.3 Å². The Balaban J connectivity index is 1.17. The highest BCUT2D eigenvalue weighted by molar-refractivity contribution is 5.97. The van der Waals surface area contributed by atoms with E-state index in [2.05, 4.69) is 250 Å². The lowest BCUT2D eigenvalue weighted by atomic mass is 9.94. The molecule has 0 aliphatic carbocycles. The summed E-state index contributed by atoms with van der Waals surface area (Å²) in [5.41, 5.74) is 19.7. The van der Waals surface area contributed by atoms with Crippen molar-refractivity contribution in [3.05, 3.63) is 228 Å². The van der Waals surface area contributed by atoms with Crippen LogP contribution < -0.4 is 4.90 Å². The molecule has 0 bridgehead atoms. The molecule has 0 aliphatic rings. The molecule has 6 nitrogen and oxygen atoms in total. The van der Waals surface area contributed by atoms with Crippen molar-refractivity contribution in [3.63, 3.8) is 0 Å². The van der Waals surface area contributed by atoms with Crippen LogP contribution in [0.15, 0.2) is 194 Å². The molecule has 67 heavy (non-hydrogen) atoms. The van der Waals surface area contributed by atoms with Crippen LogP contribution in [0.4, 0.5) is 17.3 Å². The van der Waals surface area contributed by atoms with E-state index in [1.54, 1.807) is 0 Å². The molecule has 0 radical (unpaired) electrons. The summed E-state index contributed by atoms with van der Waals surface area (Å²) in [4.78, 5) is 18.6. The molecule has 11 rings (SSSR count). The molecule has 0 spiro atoms. The Bertz CT molecular complexity index is 3610. The summed E-state index contributed by atoms with van der Waals surface area (Å²) in [6.45, 7) is 13.0. The van der Waals surface area contributed by atoms with Crippen molar-refractivity contribution >= 4 is 33.7 Å². The van der Waals surface area contributed by atoms with Gasteiger partial charge in [-0.15, -0.1) is 0 Å². The number of hydrogen-bond donors (Lipinski definition) is 0. The zero-order chi connectivity index (χ0) is 45.8. The lowest BCUT2D eigenvalue weighted by molar-refractivity contribution is 1.07. The van der Waals surface area contributed by atoms with E-state index in [0.29, 0.717) is 0 Å². The zero-order valence-corrected chi connectivity index (χ0v) is 38.7. The van der Waals surface area contributed by atoms with Crippen molar-refractivity contribution in [1.82, 2.24) is 23.9 Å². The largest absolute Gasteiger partial charge is 0.304 e. The first-order valence-electron chi connectivity index (χ1n) is 22.9. The standard InChI is InChI=1S/C61H50N6/c1-39-18-15-19-40(2)58(39)48-24-17-25-49(34-48)60-64-57(38-66(60)55-29-14-13-28-52(55)45-22-9-7-10-23-45)67(51-26-11-8-12-27-51)56-37-50(59-41(3)20-16-21-42(59)4)36-54(63-56)47-31-30-46-32-33-65-44(6)43(5)62-61(65)53(46)35-47/h7-38H,1-6H3. The topological polar surface area (TPSA) is 51.3 Å². The maximum absolute atomic E-state index is 5.69. The molecule has 0 saturated heterocycles. The number of nitrogens with zero attached hydrogens (tertiary/aromatic N) is 6. The number of hydrogen-bond acceptors (Lipinski definition) is 4. The van der Waals surface area contributed by atoms with Crippen LogP contribution in [0.1, 0.15) is 33.6 Å². The number of imidazole rings is 2. The monoisotopic (exact) mass is 866 g/mol. The maximum atomic E-state index is 5.69. The quantitative estimate of drug-likeness (QED) is 0.145. The second kappa shape index (κ2) is 16.9. The zero-order valence-electron chi connectivity index (χ0n) is 38.7. The maximum Gasteiger partial charge on any atom is 0.158 e. The van der Waals surface area contributed by atoms with Gasteiger partial charge in [0.25, 0.3) is 0 Å². The van der Waals surface area contributed by atoms with Crippen LogP contribution in [-0.4, -0.2) is 23.9 Å². The third-order valence-electron chi connectivity index (χ3n) is 13.3. The van der Waals surface area contributed by atoms with E-state index < -0.39 is 0 Å². The van der Waals surface area contributed by atoms with E-state index in [1.807, 2.05) is 0 Å². The van der Waals surface area contributed by atoms with Crippen molar-refractivity contribution in [3.8, 4) is 61.7 Å². The molecule has 0 saturated carbocycles. The first-order chi connectivity index (χ1) is 32.7. The summed E-state index contributed by atoms with van der Waals surface area (Å²) in [6.07, 6.45) is 4.30. The minimum atomic E-state index is 0.738. The van der Waals surface area contributed by atoms with Crippen molar-refractivity contribution < 1.29 is 0 Å². The van der Waals surface area contributed by atoms with Gasteiger partial charge in [0.15, 0.2) is 5.82 Å². The van der Waals surface area contributed by atoms with Gasteiger partial charge in [0, 0.05) is 39.7 Å². The average molecular weight is 867 g/mol. The lowest BCUT2D eigenvalue weighted by Gasteiger charge is -2.24. The van der Waals surface area contributed by atoms with Crippen LogP contribution in [-0.2, 0) is 0 Å². The fourth-order valence-electron chi connectivity index (χ4n) is 9.85. The number of para-hydroxylation sites is 2. The van der Waals surface area contributed by atoms with Gasteiger partial charge in [0.2, 0.25) is 0 Å². The Morgan fingerprint density at radius 1 is 0.448 bits per heavy atom. The van der Waals surface area contributed by atoms with Crippen LogP contribution in [0.2, 0.25) is 0 Å². The van der Waals surface area contributed by atoms with E-state index in [4.69, 9.17) is 15.0 Å². The minimum Gasteiger partial charge on any atom is -0.304 e. The number of rotatable bonds is 9. The van der Waals surface area contributed by atoms with Crippen LogP contribution in [0.5, 0.6) is 0 Å². The molecule has 0 unspecified atom stereocenters. The molecule has 0 atom stereocenters. The van der Waals surface area contributed by atoms with Crippen LogP contribution in [0.25, 0.3) is 78.1 Å². The Hall–Kier alpha value is -8.35. The van der Waals surface area contributed by atoms with E-state index >= 15 is 0 Å². The second-order valence-corrected chi connectivity index (χ2v) is 17.7. The minimum absolute atomic E-state index is 0.738. The van der Waals surface area contributed by atoms with E-state index in [1.165, 1.54) is 33.4 Å². The van der Waals surface area contributed by atoms with Gasteiger partial charge in [-0.1, -0.05) is 133 Å². The van der Waals surface area contributed by atoms with Crippen LogP contribution >= 0.6 is 0 Å². The molecular weight excluding hydrogens is 817 g/mol. The van der Waals surface area contributed by atoms with Gasteiger partial charge in [-0.3, -0.25) is 9.47 Å². The fraction of sp³-hybridized carbons (Fsp3) is 0.0984. The summed E-state index contributed by atoms with van der Waals surface area (Å²) < 4.78 is 4.45. The molecule has 4 aromatic heterocycles. The molecule has 0 fully saturated rings. The highest BCUT2D eigenvalue weighted by Gasteiger charge is 2.25. The first-order valence-corrected chi connectivity index (χ1v) is 22.9. The number of pyridine rings is 2. The van der Waals surface area contributed by atoms with Gasteiger partial charge in [-0.25, -0.2) is 15.0 Å². The Morgan fingerprint density at radius 2 is 1.07 bits per heavy atom. The number of aromatic nitrogens is 5. The molecule has 4 heterocycles. The fourth-order valence-corrected chi connectivity index (χ4v) is 9.85. The summed E-state index contributed by atoms with van der Waals surface area (Å²) in [5, 5.41) is 2.22. The molecular formula is C61H50N6. The summed E-state index contributed by atoms with van der Waals surface area (Å²) in [7, 11) is 0. The van der Waals surface area contributed by atoms with Crippen molar-refractivity contribution in [2.45, 2.75) is 41.5 Å². The highest BCUT2D eigenvalue weighted by atomic mass is 15.3. The second-order valence-electron chi connectivity index (χ2n) is 17.7. The average Bonchev–Trinajstić information content (AvgIpc) is 3.92. The predicted octanol–water partition coefficient (Wildman–Crippen LogP) is 15.7. The highest BCUT2D eigenvalue weighted by Crippen LogP contribution is 2.42. The molecule has 0 N–H and O–H groups in total. The Kier molecular flexibility index (Phi) is 10.4. The molecule has 324 valence electrons. The van der Waals surface area contributed by atoms with Crippen LogP contribution in [0, 0.1) is 41.5 Å². The molecule has 7 aromatic carbocycles. The number of anilines is 3. The van der Waals surface area contributed by atoms with E-state index in [0.717, 1.165) is 95.7 Å². The van der Waals surface area contributed by atoms with Gasteiger partial charge < -0.3 is 4.40 Å². The smallest absolute Gasteiger partial charge is 0.158 e. The van der Waals surface area contributed by atoms with Gasteiger partial charge in [-0.2, -0.15) is 0 Å². The van der Waals surface area contributed by atoms with E-state index in [-0.39, 0.29) is 0 Å². The normalized spacial score (nSPS) is 11.4. The SMILES string of the molecule is Cc1cccc(C)c1-c1cccc(-c2nc(N(c3ccccc3)c3cc(-c4c(C)cccc4C)cc(-c4ccc5ccn6c(C)c(C)nc6c5c4)n3)cn2-c2ccccc2-c2ccccc2)c1. The van der Waals surface area contributed by atoms with Gasteiger partial charge >= 0.3 is 0 Å².